The number of amides is 1. The minimum atomic E-state index is -2.97. The minimum absolute atomic E-state index is 0.0836. The summed E-state index contributed by atoms with van der Waals surface area (Å²) in [6.45, 7) is 3.80. The lowest BCUT2D eigenvalue weighted by molar-refractivity contribution is 0.0296. The summed E-state index contributed by atoms with van der Waals surface area (Å²) >= 11 is 12.2. The molecule has 5 nitrogen and oxygen atoms in total. The van der Waals surface area contributed by atoms with E-state index in [1.54, 1.807) is 18.2 Å². The van der Waals surface area contributed by atoms with Crippen LogP contribution in [0.4, 0.5) is 0 Å². The summed E-state index contributed by atoms with van der Waals surface area (Å²) in [4.78, 5) is 15.2. The van der Waals surface area contributed by atoms with Gasteiger partial charge in [0.05, 0.1) is 22.5 Å². The summed E-state index contributed by atoms with van der Waals surface area (Å²) in [5.74, 6) is 0.783. The Morgan fingerprint density at radius 1 is 1.21 bits per heavy atom. The number of benzene rings is 1. The number of rotatable bonds is 8. The highest BCUT2D eigenvalue weighted by Crippen LogP contribution is 2.39. The van der Waals surface area contributed by atoms with Gasteiger partial charge in [0, 0.05) is 23.9 Å². The highest BCUT2D eigenvalue weighted by atomic mass is 35.5. The highest BCUT2D eigenvalue weighted by molar-refractivity contribution is 7.91. The Bertz CT molecular complexity index is 819. The van der Waals surface area contributed by atoms with Crippen molar-refractivity contribution in [2.45, 2.75) is 51.6 Å². The summed E-state index contributed by atoms with van der Waals surface area (Å²) in [5, 5.41) is 4.02. The van der Waals surface area contributed by atoms with Crippen LogP contribution < -0.4 is 5.32 Å². The van der Waals surface area contributed by atoms with Gasteiger partial charge < -0.3 is 5.32 Å². The average Bonchev–Trinajstić information content (AvgIpc) is 2.63. The lowest BCUT2D eigenvalue weighted by Gasteiger charge is -2.46. The smallest absolute Gasteiger partial charge is 0.254 e. The lowest BCUT2D eigenvalue weighted by Crippen LogP contribution is -2.57. The zero-order valence-corrected chi connectivity index (χ0v) is 19.2. The molecule has 1 aliphatic heterocycles. The number of carbonyl (C=O) groups excluding carboxylic acids is 1. The Kier molecular flexibility index (Phi) is 7.87. The van der Waals surface area contributed by atoms with E-state index in [1.807, 2.05) is 6.92 Å². The third-order valence-electron chi connectivity index (χ3n) is 5.96. The van der Waals surface area contributed by atoms with E-state index >= 15 is 0 Å². The Morgan fingerprint density at radius 3 is 2.52 bits per heavy atom. The summed E-state index contributed by atoms with van der Waals surface area (Å²) in [7, 11) is -2.97. The SMILES string of the molecule is CCCS(=O)(=O)CC1CC(C(NC(=O)c2ccc(Cl)cc2Cl)N2CCCCC2)C1. The third-order valence-corrected chi connectivity index (χ3v) is 8.52. The predicted molar refractivity (Wildman–Crippen MR) is 118 cm³/mol. The molecule has 0 bridgehead atoms. The number of carbonyl (C=O) groups is 1. The normalized spacial score (nSPS) is 24.0. The van der Waals surface area contributed by atoms with E-state index in [-0.39, 0.29) is 35.4 Å². The van der Waals surface area contributed by atoms with Crippen LogP contribution in [0.2, 0.25) is 10.0 Å². The number of likely N-dealkylation sites (tertiary alicyclic amines) is 1. The maximum absolute atomic E-state index is 12.9. The first-order valence-electron chi connectivity index (χ1n) is 10.5. The van der Waals surface area contributed by atoms with Crippen LogP contribution in [0.15, 0.2) is 18.2 Å². The van der Waals surface area contributed by atoms with Gasteiger partial charge in [0.25, 0.3) is 5.91 Å². The van der Waals surface area contributed by atoms with Gasteiger partial charge in [-0.05, 0) is 62.1 Å². The van der Waals surface area contributed by atoms with E-state index in [9.17, 15) is 13.2 Å². The van der Waals surface area contributed by atoms with Crippen molar-refractivity contribution in [2.75, 3.05) is 24.6 Å². The molecule has 8 heteroatoms. The monoisotopic (exact) mass is 460 g/mol. The van der Waals surface area contributed by atoms with Gasteiger partial charge in [0.1, 0.15) is 0 Å². The Balaban J connectivity index is 1.67. The zero-order valence-electron chi connectivity index (χ0n) is 16.9. The summed E-state index contributed by atoms with van der Waals surface area (Å²) in [6, 6.07) is 4.89. The molecule has 1 saturated heterocycles. The summed E-state index contributed by atoms with van der Waals surface area (Å²) in [6.07, 6.45) is 5.69. The molecule has 1 N–H and O–H groups in total. The van der Waals surface area contributed by atoms with Crippen molar-refractivity contribution in [3.8, 4) is 0 Å². The molecule has 162 valence electrons. The number of halogens is 2. The Hall–Kier alpha value is -0.820. The molecule has 1 amide bonds. The zero-order chi connectivity index (χ0) is 21.0. The van der Waals surface area contributed by atoms with E-state index in [0.717, 1.165) is 38.8 Å². The van der Waals surface area contributed by atoms with Crippen molar-refractivity contribution in [3.63, 3.8) is 0 Å². The first kappa shape index (κ1) is 22.9. The second-order valence-electron chi connectivity index (χ2n) is 8.35. The van der Waals surface area contributed by atoms with Crippen LogP contribution in [-0.4, -0.2) is 50.0 Å². The van der Waals surface area contributed by atoms with Gasteiger partial charge in [-0.3, -0.25) is 9.69 Å². The third kappa shape index (κ3) is 6.09. The molecule has 2 fully saturated rings. The molecule has 1 saturated carbocycles. The van der Waals surface area contributed by atoms with E-state index in [4.69, 9.17) is 23.2 Å². The average molecular weight is 461 g/mol. The van der Waals surface area contributed by atoms with Crippen molar-refractivity contribution in [2.24, 2.45) is 11.8 Å². The van der Waals surface area contributed by atoms with Crippen LogP contribution in [-0.2, 0) is 9.84 Å². The molecule has 0 spiro atoms. The topological polar surface area (TPSA) is 66.5 Å². The maximum atomic E-state index is 12.9. The van der Waals surface area contributed by atoms with Gasteiger partial charge in [0.2, 0.25) is 0 Å². The van der Waals surface area contributed by atoms with Gasteiger partial charge in [-0.2, -0.15) is 0 Å². The Morgan fingerprint density at radius 2 is 1.90 bits per heavy atom. The highest BCUT2D eigenvalue weighted by Gasteiger charge is 2.40. The van der Waals surface area contributed by atoms with E-state index < -0.39 is 9.84 Å². The fourth-order valence-electron chi connectivity index (χ4n) is 4.52. The fraction of sp³-hybridized carbons (Fsp3) is 0.667. The number of hydrogen-bond donors (Lipinski definition) is 1. The van der Waals surface area contributed by atoms with Gasteiger partial charge in [-0.1, -0.05) is 36.5 Å². The van der Waals surface area contributed by atoms with Crippen LogP contribution in [0.3, 0.4) is 0 Å². The van der Waals surface area contributed by atoms with Gasteiger partial charge in [-0.15, -0.1) is 0 Å². The molecule has 1 aromatic rings. The van der Waals surface area contributed by atoms with Crippen molar-refractivity contribution >= 4 is 38.9 Å². The quantitative estimate of drug-likeness (QED) is 0.624. The molecule has 0 radical (unpaired) electrons. The maximum Gasteiger partial charge on any atom is 0.254 e. The van der Waals surface area contributed by atoms with E-state index in [0.29, 0.717) is 22.0 Å². The van der Waals surface area contributed by atoms with Crippen LogP contribution in [0.25, 0.3) is 0 Å². The summed E-state index contributed by atoms with van der Waals surface area (Å²) in [5.41, 5.74) is 0.416. The standard InChI is InChI=1S/C21H30Cl2N2O3S/c1-2-10-29(27,28)14-15-11-16(12-15)20(25-8-4-3-5-9-25)24-21(26)18-7-6-17(22)13-19(18)23/h6-7,13,15-16,20H,2-5,8-12,14H2,1H3,(H,24,26). The molecular formula is C21H30Cl2N2O3S. The number of hydrogen-bond acceptors (Lipinski definition) is 4. The first-order chi connectivity index (χ1) is 13.8. The van der Waals surface area contributed by atoms with Crippen LogP contribution in [0, 0.1) is 11.8 Å². The van der Waals surface area contributed by atoms with Crippen molar-refractivity contribution in [3.05, 3.63) is 33.8 Å². The first-order valence-corrected chi connectivity index (χ1v) is 13.1. The Labute approximate surface area is 184 Å². The molecule has 1 unspecified atom stereocenters. The van der Waals surface area contributed by atoms with Crippen molar-refractivity contribution in [1.29, 1.82) is 0 Å². The van der Waals surface area contributed by atoms with E-state index in [1.165, 1.54) is 6.42 Å². The van der Waals surface area contributed by atoms with Crippen LogP contribution in [0.1, 0.15) is 55.8 Å². The second kappa shape index (κ2) is 9.99. The number of piperidine rings is 1. The summed E-state index contributed by atoms with van der Waals surface area (Å²) < 4.78 is 24.3. The second-order valence-corrected chi connectivity index (χ2v) is 11.4. The number of nitrogens with zero attached hydrogens (tertiary/aromatic N) is 1. The minimum Gasteiger partial charge on any atom is -0.336 e. The molecule has 1 aromatic carbocycles. The van der Waals surface area contributed by atoms with Crippen LogP contribution >= 0.6 is 23.2 Å². The molecule has 29 heavy (non-hydrogen) atoms. The number of sulfone groups is 1. The van der Waals surface area contributed by atoms with Gasteiger partial charge in [0.15, 0.2) is 9.84 Å². The molecule has 1 atom stereocenters. The molecule has 1 aliphatic carbocycles. The van der Waals surface area contributed by atoms with Crippen molar-refractivity contribution < 1.29 is 13.2 Å². The molecule has 1 heterocycles. The largest absolute Gasteiger partial charge is 0.336 e. The molecule has 2 aliphatic rings. The van der Waals surface area contributed by atoms with Crippen LogP contribution in [0.5, 0.6) is 0 Å². The lowest BCUT2D eigenvalue weighted by atomic mass is 9.73. The van der Waals surface area contributed by atoms with Crippen molar-refractivity contribution in [1.82, 2.24) is 10.2 Å². The van der Waals surface area contributed by atoms with Gasteiger partial charge >= 0.3 is 0 Å². The molecule has 0 aromatic heterocycles. The predicted octanol–water partition coefficient (Wildman–Crippen LogP) is 4.39. The molecule has 3 rings (SSSR count). The fourth-order valence-corrected chi connectivity index (χ4v) is 6.80. The van der Waals surface area contributed by atoms with Gasteiger partial charge in [-0.25, -0.2) is 8.42 Å². The number of nitrogens with one attached hydrogen (secondary N) is 1. The van der Waals surface area contributed by atoms with E-state index in [2.05, 4.69) is 10.2 Å². The molecular weight excluding hydrogens is 431 g/mol.